The molecule has 0 heterocycles. The number of ether oxygens (including phenoxy) is 1. The molecule has 0 aliphatic heterocycles. The van der Waals surface area contributed by atoms with Crippen molar-refractivity contribution in [1.82, 2.24) is 0 Å². The number of allylic oxidation sites excluding steroid dienone is 1. The molecule has 0 saturated heterocycles. The Bertz CT molecular complexity index is 626. The first-order valence-electron chi connectivity index (χ1n) is 11.9. The maximum atomic E-state index is 6.31. The van der Waals surface area contributed by atoms with Crippen molar-refractivity contribution < 1.29 is 4.74 Å². The molecular weight excluding hydrogens is 380 g/mol. The van der Waals surface area contributed by atoms with Crippen molar-refractivity contribution >= 4 is 14.7 Å². The highest BCUT2D eigenvalue weighted by Crippen LogP contribution is 2.34. The van der Waals surface area contributed by atoms with Gasteiger partial charge in [-0.1, -0.05) is 90.4 Å². The van der Waals surface area contributed by atoms with E-state index in [4.69, 9.17) is 4.74 Å². The van der Waals surface area contributed by atoms with Crippen LogP contribution in [0.5, 0.6) is 5.75 Å². The van der Waals surface area contributed by atoms with Crippen molar-refractivity contribution in [3.05, 3.63) is 35.5 Å². The highest BCUT2D eigenvalue weighted by Gasteiger charge is 2.25. The first-order valence-corrected chi connectivity index (χ1v) is 13.0. The summed E-state index contributed by atoms with van der Waals surface area (Å²) in [6.07, 6.45) is 5.09. The number of benzene rings is 1. The molecule has 1 aromatic carbocycles. The molecule has 1 rings (SSSR count). The molecular formula is C28H48OSi. The zero-order chi connectivity index (χ0) is 22.9. The van der Waals surface area contributed by atoms with E-state index in [1.165, 1.54) is 36.4 Å². The van der Waals surface area contributed by atoms with Gasteiger partial charge in [0, 0.05) is 0 Å². The molecule has 3 atom stereocenters. The fraction of sp³-hybridized carbons (Fsp3) is 0.714. The van der Waals surface area contributed by atoms with Crippen LogP contribution in [0.15, 0.2) is 35.5 Å². The van der Waals surface area contributed by atoms with Crippen LogP contribution in [0.3, 0.4) is 0 Å². The van der Waals surface area contributed by atoms with E-state index in [1.54, 1.807) is 0 Å². The summed E-state index contributed by atoms with van der Waals surface area (Å²) in [5.74, 6) is 3.06. The molecule has 3 unspecified atom stereocenters. The Morgan fingerprint density at radius 3 is 1.97 bits per heavy atom. The Kier molecular flexibility index (Phi) is 10.9. The van der Waals surface area contributed by atoms with Crippen molar-refractivity contribution in [3.63, 3.8) is 0 Å². The fourth-order valence-corrected chi connectivity index (χ4v) is 5.20. The van der Waals surface area contributed by atoms with Gasteiger partial charge in [0.05, 0.1) is 6.61 Å². The lowest BCUT2D eigenvalue weighted by atomic mass is 9.76. The van der Waals surface area contributed by atoms with E-state index in [0.717, 1.165) is 27.8 Å². The molecule has 0 aliphatic carbocycles. The summed E-state index contributed by atoms with van der Waals surface area (Å²) in [7, 11) is 0.742. The molecule has 1 aromatic rings. The number of hydrogen-bond acceptors (Lipinski definition) is 1. The van der Waals surface area contributed by atoms with Crippen LogP contribution >= 0.6 is 0 Å². The van der Waals surface area contributed by atoms with Crippen LogP contribution in [0.1, 0.15) is 94.9 Å². The standard InChI is InChI=1S/C28H48OSi/c1-21(2)20-30-26-15-13-25(14-16-26)29-19-24(23(4)18-28(8,9)10)12-11-22(3)17-27(5,6)7/h13-16,20,22-24H,11-12,17-19H2,1-10H3. The SMILES string of the molecule is CC(C)=C[Si]c1ccc(OCC(CCC(C)CC(C)(C)C)C(C)CC(C)(C)C)cc1. The van der Waals surface area contributed by atoms with Crippen LogP contribution < -0.4 is 9.92 Å². The fourth-order valence-electron chi connectivity index (χ4n) is 4.39. The van der Waals surface area contributed by atoms with Crippen molar-refractivity contribution in [2.75, 3.05) is 6.61 Å². The van der Waals surface area contributed by atoms with Crippen LogP contribution in [0, 0.1) is 28.6 Å². The third-order valence-electron chi connectivity index (χ3n) is 5.58. The van der Waals surface area contributed by atoms with Crippen LogP contribution in [0.2, 0.25) is 0 Å². The minimum absolute atomic E-state index is 0.363. The van der Waals surface area contributed by atoms with Gasteiger partial charge in [-0.3, -0.25) is 0 Å². The quantitative estimate of drug-likeness (QED) is 0.326. The topological polar surface area (TPSA) is 9.23 Å². The van der Waals surface area contributed by atoms with Crippen molar-refractivity contribution in [2.45, 2.75) is 94.9 Å². The predicted molar refractivity (Wildman–Crippen MR) is 136 cm³/mol. The van der Waals surface area contributed by atoms with Gasteiger partial charge in [-0.05, 0) is 73.8 Å². The molecule has 0 aliphatic rings. The van der Waals surface area contributed by atoms with Gasteiger partial charge in [-0.25, -0.2) is 0 Å². The van der Waals surface area contributed by atoms with Gasteiger partial charge < -0.3 is 4.74 Å². The molecule has 0 amide bonds. The van der Waals surface area contributed by atoms with Gasteiger partial charge in [-0.2, -0.15) is 0 Å². The first-order chi connectivity index (χ1) is 13.7. The molecule has 0 fully saturated rings. The molecule has 0 aromatic heterocycles. The monoisotopic (exact) mass is 428 g/mol. The molecule has 2 heteroatoms. The van der Waals surface area contributed by atoms with Crippen molar-refractivity contribution in [3.8, 4) is 5.75 Å². The van der Waals surface area contributed by atoms with Crippen molar-refractivity contribution in [2.24, 2.45) is 28.6 Å². The summed E-state index contributed by atoms with van der Waals surface area (Å²) < 4.78 is 6.31. The zero-order valence-electron chi connectivity index (χ0n) is 21.6. The Morgan fingerprint density at radius 2 is 1.47 bits per heavy atom. The Hall–Kier alpha value is -1.02. The molecule has 0 saturated carbocycles. The molecule has 30 heavy (non-hydrogen) atoms. The second kappa shape index (κ2) is 12.1. The van der Waals surface area contributed by atoms with Gasteiger partial charge in [0.2, 0.25) is 0 Å². The second-order valence-corrected chi connectivity index (χ2v) is 13.3. The first kappa shape index (κ1) is 27.0. The molecule has 0 bridgehead atoms. The van der Waals surface area contributed by atoms with E-state index in [1.807, 2.05) is 0 Å². The second-order valence-electron chi connectivity index (χ2n) is 12.2. The van der Waals surface area contributed by atoms with Crippen LogP contribution in [0.4, 0.5) is 0 Å². The van der Waals surface area contributed by atoms with E-state index in [-0.39, 0.29) is 0 Å². The number of hydrogen-bond donors (Lipinski definition) is 0. The Balaban J connectivity index is 2.71. The van der Waals surface area contributed by atoms with Gasteiger partial charge in [0.15, 0.2) is 0 Å². The lowest BCUT2D eigenvalue weighted by Gasteiger charge is -2.31. The summed E-state index contributed by atoms with van der Waals surface area (Å²) in [5.41, 5.74) is 4.46. The van der Waals surface area contributed by atoms with Crippen molar-refractivity contribution in [1.29, 1.82) is 0 Å². The summed E-state index contributed by atoms with van der Waals surface area (Å²) in [6.45, 7) is 24.1. The number of rotatable bonds is 11. The lowest BCUT2D eigenvalue weighted by Crippen LogP contribution is -2.25. The normalized spacial score (nSPS) is 15.4. The van der Waals surface area contributed by atoms with Crippen LogP contribution in [-0.2, 0) is 0 Å². The molecule has 0 spiro atoms. The zero-order valence-corrected chi connectivity index (χ0v) is 22.6. The highest BCUT2D eigenvalue weighted by atomic mass is 28.2. The van der Waals surface area contributed by atoms with Gasteiger partial charge >= 0.3 is 0 Å². The van der Waals surface area contributed by atoms with E-state index >= 15 is 0 Å². The molecule has 1 nitrogen and oxygen atoms in total. The maximum Gasteiger partial charge on any atom is 0.119 e. The minimum Gasteiger partial charge on any atom is -0.493 e. The van der Waals surface area contributed by atoms with Gasteiger partial charge in [0.1, 0.15) is 15.3 Å². The van der Waals surface area contributed by atoms with E-state index < -0.39 is 0 Å². The Morgan fingerprint density at radius 1 is 0.900 bits per heavy atom. The average molecular weight is 429 g/mol. The third-order valence-corrected chi connectivity index (χ3v) is 6.96. The average Bonchev–Trinajstić information content (AvgIpc) is 2.57. The van der Waals surface area contributed by atoms with E-state index in [9.17, 15) is 0 Å². The van der Waals surface area contributed by atoms with E-state index in [0.29, 0.717) is 22.7 Å². The minimum atomic E-state index is 0.363. The Labute approximate surface area is 190 Å². The maximum absolute atomic E-state index is 6.31. The molecule has 2 radical (unpaired) electrons. The third kappa shape index (κ3) is 12.6. The van der Waals surface area contributed by atoms with Crippen LogP contribution in [-0.4, -0.2) is 16.1 Å². The lowest BCUT2D eigenvalue weighted by molar-refractivity contribution is 0.147. The predicted octanol–water partition coefficient (Wildman–Crippen LogP) is 7.86. The summed E-state index contributed by atoms with van der Waals surface area (Å²) >= 11 is 0. The summed E-state index contributed by atoms with van der Waals surface area (Å²) in [4.78, 5) is 0. The van der Waals surface area contributed by atoms with E-state index in [2.05, 4.69) is 99.2 Å². The largest absolute Gasteiger partial charge is 0.493 e. The van der Waals surface area contributed by atoms with Gasteiger partial charge in [0.25, 0.3) is 0 Å². The highest BCUT2D eigenvalue weighted by molar-refractivity contribution is 6.58. The molecule has 170 valence electrons. The smallest absolute Gasteiger partial charge is 0.119 e. The summed E-state index contributed by atoms with van der Waals surface area (Å²) in [6, 6.07) is 8.72. The molecule has 0 N–H and O–H groups in total. The van der Waals surface area contributed by atoms with Crippen LogP contribution in [0.25, 0.3) is 0 Å². The van der Waals surface area contributed by atoms with Gasteiger partial charge in [-0.15, -0.1) is 0 Å². The summed E-state index contributed by atoms with van der Waals surface area (Å²) in [5, 5.41) is 1.37.